The van der Waals surface area contributed by atoms with E-state index in [1.54, 1.807) is 12.1 Å². The molecule has 0 atom stereocenters. The van der Waals surface area contributed by atoms with Crippen molar-refractivity contribution in [1.82, 2.24) is 19.6 Å². The summed E-state index contributed by atoms with van der Waals surface area (Å²) in [6, 6.07) is 12.1. The van der Waals surface area contributed by atoms with Crippen LogP contribution in [0.3, 0.4) is 0 Å². The molecular formula is C20H14F2N4O3S. The third-order valence-corrected chi connectivity index (χ3v) is 5.46. The molecule has 7 nitrogen and oxygen atoms in total. The van der Waals surface area contributed by atoms with Crippen LogP contribution in [0.15, 0.2) is 76.7 Å². The van der Waals surface area contributed by atoms with E-state index in [9.17, 15) is 22.0 Å². The molecule has 0 aliphatic rings. The Hall–Kier alpha value is -3.66. The molecule has 2 aromatic heterocycles. The summed E-state index contributed by atoms with van der Waals surface area (Å²) in [4.78, 5) is 12.6. The van der Waals surface area contributed by atoms with Crippen molar-refractivity contribution >= 4 is 9.84 Å². The van der Waals surface area contributed by atoms with Crippen LogP contribution in [0, 0.1) is 11.6 Å². The van der Waals surface area contributed by atoms with Gasteiger partial charge in [-0.3, -0.25) is 4.79 Å². The number of hydrogen-bond donors (Lipinski definition) is 0. The maximum absolute atomic E-state index is 13.7. The van der Waals surface area contributed by atoms with Gasteiger partial charge in [0.15, 0.2) is 27.2 Å². The van der Waals surface area contributed by atoms with Crippen molar-refractivity contribution in [2.75, 3.05) is 6.26 Å². The van der Waals surface area contributed by atoms with Crippen molar-refractivity contribution in [3.8, 4) is 22.8 Å². The highest BCUT2D eigenvalue weighted by Crippen LogP contribution is 2.21. The van der Waals surface area contributed by atoms with Crippen LogP contribution in [0.4, 0.5) is 8.78 Å². The van der Waals surface area contributed by atoms with Crippen molar-refractivity contribution in [3.05, 3.63) is 88.8 Å². The Balaban J connectivity index is 1.84. The molecule has 0 amide bonds. The second-order valence-electron chi connectivity index (χ2n) is 6.47. The van der Waals surface area contributed by atoms with Gasteiger partial charge in [0, 0.05) is 24.6 Å². The minimum Gasteiger partial charge on any atom is -0.287 e. The van der Waals surface area contributed by atoms with E-state index in [1.807, 2.05) is 0 Å². The quantitative estimate of drug-likeness (QED) is 0.499. The lowest BCUT2D eigenvalue weighted by molar-refractivity contribution is 0.507. The van der Waals surface area contributed by atoms with Gasteiger partial charge in [0.05, 0.1) is 28.2 Å². The maximum Gasteiger partial charge on any atom is 0.209 e. The molecule has 0 saturated heterocycles. The number of nitrogens with zero attached hydrogens (tertiary/aromatic N) is 4. The minimum atomic E-state index is -3.43. The highest BCUT2D eigenvalue weighted by atomic mass is 32.2. The Bertz CT molecular complexity index is 1430. The van der Waals surface area contributed by atoms with Crippen LogP contribution in [-0.4, -0.2) is 34.2 Å². The molecule has 2 heterocycles. The Morgan fingerprint density at radius 2 is 1.73 bits per heavy atom. The molecule has 10 heteroatoms. The van der Waals surface area contributed by atoms with Gasteiger partial charge < -0.3 is 0 Å². The highest BCUT2D eigenvalue weighted by molar-refractivity contribution is 7.90. The van der Waals surface area contributed by atoms with Crippen LogP contribution in [-0.2, 0) is 9.84 Å². The van der Waals surface area contributed by atoms with Crippen molar-refractivity contribution in [3.63, 3.8) is 0 Å². The summed E-state index contributed by atoms with van der Waals surface area (Å²) in [5.41, 5.74) is 0.488. The van der Waals surface area contributed by atoms with Crippen molar-refractivity contribution in [2.45, 2.75) is 4.90 Å². The first-order valence-corrected chi connectivity index (χ1v) is 10.5. The van der Waals surface area contributed by atoms with Crippen LogP contribution in [0.25, 0.3) is 22.8 Å². The molecule has 0 saturated carbocycles. The summed E-state index contributed by atoms with van der Waals surface area (Å²) >= 11 is 0. The topological polar surface area (TPSA) is 86.9 Å². The monoisotopic (exact) mass is 428 g/mol. The minimum absolute atomic E-state index is 0.00416. The molecule has 2 aromatic carbocycles. The van der Waals surface area contributed by atoms with E-state index < -0.39 is 26.9 Å². The standard InChI is InChI=1S/C20H14F2N4O3S/c1-30(28,29)15-4-2-3-13(11-15)25-10-8-19(27)20(24-25)18-7-9-23-26(18)14-5-6-16(21)17(22)12-14/h2-12H,1H3. The van der Waals surface area contributed by atoms with Crippen LogP contribution in [0.2, 0.25) is 0 Å². The summed E-state index contributed by atoms with van der Waals surface area (Å²) in [5.74, 6) is -2.05. The zero-order valence-electron chi connectivity index (χ0n) is 15.5. The molecule has 4 rings (SSSR count). The van der Waals surface area contributed by atoms with Gasteiger partial charge in [-0.25, -0.2) is 26.6 Å². The Morgan fingerprint density at radius 1 is 0.933 bits per heavy atom. The lowest BCUT2D eigenvalue weighted by atomic mass is 10.2. The van der Waals surface area contributed by atoms with Crippen LogP contribution in [0.1, 0.15) is 0 Å². The van der Waals surface area contributed by atoms with Gasteiger partial charge in [0.1, 0.15) is 0 Å². The number of hydrogen-bond acceptors (Lipinski definition) is 5. The number of benzene rings is 2. The zero-order valence-corrected chi connectivity index (χ0v) is 16.3. The zero-order chi connectivity index (χ0) is 21.5. The molecule has 0 fully saturated rings. The lowest BCUT2D eigenvalue weighted by Gasteiger charge is -2.10. The van der Waals surface area contributed by atoms with Gasteiger partial charge in [0.2, 0.25) is 5.43 Å². The van der Waals surface area contributed by atoms with Crippen LogP contribution < -0.4 is 5.43 Å². The molecule has 0 radical (unpaired) electrons. The predicted octanol–water partition coefficient (Wildman–Crippen LogP) is 2.77. The second-order valence-corrected chi connectivity index (χ2v) is 8.49. The molecule has 0 N–H and O–H groups in total. The Labute approximate surface area is 169 Å². The summed E-state index contributed by atoms with van der Waals surface area (Å²) in [7, 11) is -3.43. The fourth-order valence-electron chi connectivity index (χ4n) is 2.89. The average Bonchev–Trinajstić information content (AvgIpc) is 3.19. The van der Waals surface area contributed by atoms with Crippen molar-refractivity contribution < 1.29 is 17.2 Å². The van der Waals surface area contributed by atoms with E-state index in [4.69, 9.17) is 0 Å². The Morgan fingerprint density at radius 3 is 2.47 bits per heavy atom. The second kappa shape index (κ2) is 7.30. The third kappa shape index (κ3) is 3.64. The summed E-state index contributed by atoms with van der Waals surface area (Å²) in [6.45, 7) is 0. The summed E-state index contributed by atoms with van der Waals surface area (Å²) in [6.07, 6.45) is 3.90. The molecule has 0 aliphatic heterocycles. The predicted molar refractivity (Wildman–Crippen MR) is 105 cm³/mol. The SMILES string of the molecule is CS(=O)(=O)c1cccc(-n2ccc(=O)c(-c3ccnn3-c3ccc(F)c(F)c3)n2)c1. The molecular weight excluding hydrogens is 414 g/mol. The summed E-state index contributed by atoms with van der Waals surface area (Å²) < 4.78 is 53.2. The fraction of sp³-hybridized carbons (Fsp3) is 0.0500. The van der Waals surface area contributed by atoms with Gasteiger partial charge in [0.25, 0.3) is 0 Å². The smallest absolute Gasteiger partial charge is 0.209 e. The van der Waals surface area contributed by atoms with Gasteiger partial charge in [-0.1, -0.05) is 6.07 Å². The largest absolute Gasteiger partial charge is 0.287 e. The van der Waals surface area contributed by atoms with E-state index in [0.29, 0.717) is 5.69 Å². The third-order valence-electron chi connectivity index (χ3n) is 4.35. The number of sulfone groups is 1. The van der Waals surface area contributed by atoms with Crippen molar-refractivity contribution in [1.29, 1.82) is 0 Å². The average molecular weight is 428 g/mol. The first kappa shape index (κ1) is 19.6. The highest BCUT2D eigenvalue weighted by Gasteiger charge is 2.15. The lowest BCUT2D eigenvalue weighted by Crippen LogP contribution is -2.15. The molecule has 4 aromatic rings. The molecule has 0 spiro atoms. The normalized spacial score (nSPS) is 11.6. The van der Waals surface area contributed by atoms with E-state index in [0.717, 1.165) is 18.4 Å². The molecule has 0 bridgehead atoms. The maximum atomic E-state index is 13.7. The van der Waals surface area contributed by atoms with Gasteiger partial charge in [-0.2, -0.15) is 10.2 Å². The number of halogens is 2. The van der Waals surface area contributed by atoms with Crippen LogP contribution in [0.5, 0.6) is 0 Å². The van der Waals surface area contributed by atoms with Gasteiger partial charge in [-0.15, -0.1) is 0 Å². The molecule has 0 unspecified atom stereocenters. The van der Waals surface area contributed by atoms with Crippen molar-refractivity contribution in [2.24, 2.45) is 0 Å². The van der Waals surface area contributed by atoms with Gasteiger partial charge >= 0.3 is 0 Å². The van der Waals surface area contributed by atoms with E-state index in [1.165, 1.54) is 52.1 Å². The molecule has 0 aliphatic carbocycles. The van der Waals surface area contributed by atoms with Gasteiger partial charge in [-0.05, 0) is 36.4 Å². The fourth-order valence-corrected chi connectivity index (χ4v) is 3.55. The molecule has 30 heavy (non-hydrogen) atoms. The van der Waals surface area contributed by atoms with E-state index in [2.05, 4.69) is 10.2 Å². The number of aromatic nitrogens is 4. The summed E-state index contributed by atoms with van der Waals surface area (Å²) in [5, 5.41) is 8.40. The Kier molecular flexibility index (Phi) is 4.78. The number of rotatable bonds is 4. The van der Waals surface area contributed by atoms with Crippen LogP contribution >= 0.6 is 0 Å². The van der Waals surface area contributed by atoms with E-state index >= 15 is 0 Å². The van der Waals surface area contributed by atoms with E-state index in [-0.39, 0.29) is 22.0 Å². The first-order valence-electron chi connectivity index (χ1n) is 8.64. The first-order chi connectivity index (χ1) is 14.2. The molecule has 152 valence electrons.